The molecule has 0 bridgehead atoms. The van der Waals surface area contributed by atoms with Gasteiger partial charge in [0, 0.05) is 47.1 Å². The Balaban J connectivity index is 1.75. The second kappa shape index (κ2) is 12.6. The van der Waals surface area contributed by atoms with E-state index in [0.29, 0.717) is 30.5 Å². The molecule has 0 unspecified atom stereocenters. The Bertz CT molecular complexity index is 1250. The number of nitrogens with one attached hydrogen (secondary N) is 2. The third-order valence-corrected chi connectivity index (χ3v) is 8.01. The van der Waals surface area contributed by atoms with Crippen molar-refractivity contribution in [3.05, 3.63) is 65.2 Å². The number of carbonyl (C=O) groups excluding carboxylic acids is 2. The summed E-state index contributed by atoms with van der Waals surface area (Å²) in [7, 11) is -4.37. The monoisotopic (exact) mass is 557 g/mol. The molecule has 0 saturated carbocycles. The number of nitrogens with zero attached hydrogens (tertiary/aromatic N) is 2. The Morgan fingerprint density at radius 3 is 2.50 bits per heavy atom. The van der Waals surface area contributed by atoms with Crippen molar-refractivity contribution in [1.29, 1.82) is 0 Å². The predicted octanol–water partition coefficient (Wildman–Crippen LogP) is 2.16. The van der Waals surface area contributed by atoms with Crippen molar-refractivity contribution in [2.75, 3.05) is 6.54 Å². The first-order valence-corrected chi connectivity index (χ1v) is 13.9. The first-order chi connectivity index (χ1) is 17.9. The number of carbonyl (C=O) groups is 2. The molecule has 1 aliphatic rings. The van der Waals surface area contributed by atoms with Gasteiger partial charge in [0.2, 0.25) is 34.2 Å². The van der Waals surface area contributed by atoms with Crippen molar-refractivity contribution < 1.29 is 41.1 Å². The van der Waals surface area contributed by atoms with Crippen molar-refractivity contribution in [3.8, 4) is 0 Å². The number of benzene rings is 1. The molecule has 9 nitrogen and oxygen atoms in total. The highest BCUT2D eigenvalue weighted by Gasteiger charge is 2.39. The summed E-state index contributed by atoms with van der Waals surface area (Å²) >= 11 is 0. The van der Waals surface area contributed by atoms with Crippen molar-refractivity contribution in [2.45, 2.75) is 63.9 Å². The maximum Gasteiger partial charge on any atom is 0.242 e. The van der Waals surface area contributed by atoms with Crippen LogP contribution in [0.15, 0.2) is 36.7 Å². The second-order valence-electron chi connectivity index (χ2n) is 9.73. The minimum absolute atomic E-state index is 0.0120. The molecule has 3 N–H and O–H groups in total. The maximum absolute atomic E-state index is 14.2. The number of hydrogen-bond acceptors (Lipinski definition) is 5. The van der Waals surface area contributed by atoms with Crippen molar-refractivity contribution >= 4 is 21.8 Å². The van der Waals surface area contributed by atoms with Gasteiger partial charge in [0.25, 0.3) is 0 Å². The minimum Gasteiger partial charge on any atom is -0.350 e. The fourth-order valence-corrected chi connectivity index (χ4v) is 6.18. The Kier molecular flexibility index (Phi) is 9.71. The van der Waals surface area contributed by atoms with Gasteiger partial charge in [-0.3, -0.25) is 14.8 Å². The average molecular weight is 558 g/mol. The molecule has 13 heteroatoms. The fraction of sp³-hybridized carbons (Fsp3) is 0.480. The first-order valence-electron chi connectivity index (χ1n) is 12.3. The topological polar surface area (TPSA) is 120 Å². The van der Waals surface area contributed by atoms with Crippen molar-refractivity contribution in [1.82, 2.24) is 14.9 Å². The van der Waals surface area contributed by atoms with E-state index in [-0.39, 0.29) is 31.8 Å². The summed E-state index contributed by atoms with van der Waals surface area (Å²) in [5.74, 6) is -6.08. The highest BCUT2D eigenvalue weighted by Crippen LogP contribution is 2.26. The lowest BCUT2D eigenvalue weighted by molar-refractivity contribution is -0.905. The van der Waals surface area contributed by atoms with Gasteiger partial charge in [0.15, 0.2) is 0 Å². The third-order valence-electron chi connectivity index (χ3n) is 6.20. The molecule has 2 atom stereocenters. The lowest BCUT2D eigenvalue weighted by atomic mass is 10.0. The quantitative estimate of drug-likeness (QED) is 0.306. The minimum atomic E-state index is -4.37. The molecular weight excluding hydrogens is 525 g/mol. The lowest BCUT2D eigenvalue weighted by Crippen LogP contribution is -2.56. The smallest absolute Gasteiger partial charge is 0.242 e. The van der Waals surface area contributed by atoms with E-state index in [4.69, 9.17) is 0 Å². The highest BCUT2D eigenvalue weighted by atomic mass is 32.2. The van der Waals surface area contributed by atoms with Gasteiger partial charge in [-0.1, -0.05) is 20.3 Å². The Morgan fingerprint density at radius 1 is 1.18 bits per heavy atom. The number of aromatic nitrogens is 1. The van der Waals surface area contributed by atoms with Crippen LogP contribution in [0.2, 0.25) is 0 Å². The number of piperidine rings is 1. The zero-order valence-electron chi connectivity index (χ0n) is 21.2. The average Bonchev–Trinajstić information content (AvgIpc) is 2.84. The van der Waals surface area contributed by atoms with E-state index in [1.165, 1.54) is 12.4 Å². The molecule has 208 valence electrons. The summed E-state index contributed by atoms with van der Waals surface area (Å²) in [4.78, 5) is 26.2. The second-order valence-corrected chi connectivity index (χ2v) is 11.6. The van der Waals surface area contributed by atoms with Crippen LogP contribution in [0.4, 0.5) is 13.2 Å². The van der Waals surface area contributed by atoms with Crippen LogP contribution in [0.3, 0.4) is 0 Å². The van der Waals surface area contributed by atoms with Gasteiger partial charge in [0.05, 0.1) is 5.75 Å². The summed E-state index contributed by atoms with van der Waals surface area (Å²) < 4.78 is 69.7. The molecule has 2 aromatic rings. The molecule has 2 amide bonds. The van der Waals surface area contributed by atoms with Gasteiger partial charge in [0.1, 0.15) is 29.5 Å². The molecule has 3 rings (SSSR count). The Morgan fingerprint density at radius 2 is 1.87 bits per heavy atom. The Hall–Kier alpha value is -3.19. The number of rotatable bonds is 10. The summed E-state index contributed by atoms with van der Waals surface area (Å²) in [6.45, 7) is 3.77. The SMILES string of the molecule is CC(C)C[C@H](NC(=O)[C@@H]1CCCCN1S(=O)(=O)Cc1c(F)cc(F)cc1F)C(=O)NCc1ccc[n+](O)c1. The van der Waals surface area contributed by atoms with Gasteiger partial charge < -0.3 is 10.6 Å². The number of amides is 2. The van der Waals surface area contributed by atoms with Crippen LogP contribution >= 0.6 is 0 Å². The third kappa shape index (κ3) is 7.67. The molecule has 1 aliphatic heterocycles. The summed E-state index contributed by atoms with van der Waals surface area (Å²) in [5.41, 5.74) is -0.193. The summed E-state index contributed by atoms with van der Waals surface area (Å²) in [6.07, 6.45) is 4.24. The van der Waals surface area contributed by atoms with E-state index in [2.05, 4.69) is 10.6 Å². The van der Waals surface area contributed by atoms with Crippen LogP contribution in [0.5, 0.6) is 0 Å². The largest absolute Gasteiger partial charge is 0.350 e. The number of hydrogen-bond donors (Lipinski definition) is 3. The molecule has 1 fully saturated rings. The first kappa shape index (κ1) is 29.4. The molecule has 1 saturated heterocycles. The standard InChI is InChI=1S/C25H31F3N4O5S/c1-16(2)10-22(24(33)29-13-17-6-5-8-31(35)14-17)30-25(34)23-7-3-4-9-32(23)38(36,37)15-19-20(27)11-18(26)12-21(19)28/h5-6,8,11-12,14,16,22-23H,3-4,7,9-10,13,15H2,1-2H3,(H2-,29,30,33,34,35)/p+1/t22-,23-/m0/s1. The molecule has 0 radical (unpaired) electrons. The zero-order chi connectivity index (χ0) is 28.0. The number of halogens is 3. The molecule has 1 aromatic heterocycles. The zero-order valence-corrected chi connectivity index (χ0v) is 22.0. The molecular formula is C25H32F3N4O5S+. The van der Waals surface area contributed by atoms with Crippen LogP contribution < -0.4 is 15.4 Å². The van der Waals surface area contributed by atoms with Gasteiger partial charge in [-0.25, -0.2) is 21.6 Å². The van der Waals surface area contributed by atoms with Crippen molar-refractivity contribution in [3.63, 3.8) is 0 Å². The van der Waals surface area contributed by atoms with Gasteiger partial charge in [-0.15, -0.1) is 0 Å². The summed E-state index contributed by atoms with van der Waals surface area (Å²) in [6, 6.07) is 1.95. The molecule has 1 aromatic carbocycles. The normalized spacial score (nSPS) is 17.3. The lowest BCUT2D eigenvalue weighted by Gasteiger charge is -2.34. The van der Waals surface area contributed by atoms with Gasteiger partial charge in [-0.2, -0.15) is 4.31 Å². The van der Waals surface area contributed by atoms with E-state index in [9.17, 15) is 36.4 Å². The van der Waals surface area contributed by atoms with Crippen LogP contribution in [0.25, 0.3) is 0 Å². The molecule has 2 heterocycles. The van der Waals surface area contributed by atoms with Crippen LogP contribution in [-0.2, 0) is 31.9 Å². The summed E-state index contributed by atoms with van der Waals surface area (Å²) in [5, 5.41) is 14.9. The maximum atomic E-state index is 14.2. The molecule has 0 aliphatic carbocycles. The van der Waals surface area contributed by atoms with Crippen LogP contribution in [-0.4, -0.2) is 48.4 Å². The Labute approximate surface area is 219 Å². The molecule has 38 heavy (non-hydrogen) atoms. The van der Waals surface area contributed by atoms with Gasteiger partial charge in [-0.05, 0) is 31.2 Å². The van der Waals surface area contributed by atoms with Crippen molar-refractivity contribution in [2.24, 2.45) is 5.92 Å². The van der Waals surface area contributed by atoms with E-state index >= 15 is 0 Å². The van der Waals surface area contributed by atoms with E-state index in [1.807, 2.05) is 13.8 Å². The van der Waals surface area contributed by atoms with E-state index < -0.39 is 62.7 Å². The van der Waals surface area contributed by atoms with Gasteiger partial charge >= 0.3 is 0 Å². The van der Waals surface area contributed by atoms with Crippen LogP contribution in [0, 0.1) is 23.4 Å². The predicted molar refractivity (Wildman–Crippen MR) is 130 cm³/mol. The highest BCUT2D eigenvalue weighted by molar-refractivity contribution is 7.88. The number of sulfonamides is 1. The van der Waals surface area contributed by atoms with E-state index in [0.717, 1.165) is 9.04 Å². The molecule has 0 spiro atoms. The fourth-order valence-electron chi connectivity index (χ4n) is 4.37. The van der Waals surface area contributed by atoms with Crippen LogP contribution in [0.1, 0.15) is 50.7 Å². The van der Waals surface area contributed by atoms with E-state index in [1.54, 1.807) is 12.1 Å². The number of pyridine rings is 1.